The van der Waals surface area contributed by atoms with E-state index in [0.717, 1.165) is 20.9 Å². The van der Waals surface area contributed by atoms with Crippen molar-refractivity contribution in [3.63, 3.8) is 0 Å². The molecule has 0 unspecified atom stereocenters. The number of rotatable bonds is 4. The maximum absolute atomic E-state index is 5.88. The second-order valence-electron chi connectivity index (χ2n) is 6.60. The number of nitrogens with zero attached hydrogens (tertiary/aromatic N) is 1. The Morgan fingerprint density at radius 1 is 1.04 bits per heavy atom. The van der Waals surface area contributed by atoms with Gasteiger partial charge in [0.1, 0.15) is 0 Å². The summed E-state index contributed by atoms with van der Waals surface area (Å²) in [6.45, 7) is 10.7. The van der Waals surface area contributed by atoms with Crippen molar-refractivity contribution in [1.29, 1.82) is 0 Å². The molecule has 2 nitrogen and oxygen atoms in total. The number of ether oxygens (including phenoxy) is 1. The zero-order chi connectivity index (χ0) is 17.0. The molecule has 3 heteroatoms. The summed E-state index contributed by atoms with van der Waals surface area (Å²) in [5.74, 6) is 0.875. The molecule has 23 heavy (non-hydrogen) atoms. The van der Waals surface area contributed by atoms with Crippen LogP contribution in [0.2, 0.25) is 0 Å². The van der Waals surface area contributed by atoms with Crippen LogP contribution in [0.3, 0.4) is 0 Å². The normalized spacial score (nSPS) is 12.8. The Hall–Kier alpha value is -1.53. The minimum absolute atomic E-state index is 0.105. The van der Waals surface area contributed by atoms with Crippen molar-refractivity contribution in [2.45, 2.75) is 40.0 Å². The molecule has 0 aliphatic rings. The number of aliphatic imine (C=N–C) groups is 1. The first-order valence-corrected chi connectivity index (χ1v) is 9.17. The molecule has 0 saturated carbocycles. The Morgan fingerprint density at radius 3 is 2.30 bits per heavy atom. The van der Waals surface area contributed by atoms with Crippen LogP contribution in [0, 0.1) is 0 Å². The summed E-state index contributed by atoms with van der Waals surface area (Å²) in [5, 5.41) is 2.39. The van der Waals surface area contributed by atoms with Crippen molar-refractivity contribution in [2.24, 2.45) is 4.99 Å². The van der Waals surface area contributed by atoms with Gasteiger partial charge in [0.05, 0.1) is 0 Å². The van der Waals surface area contributed by atoms with Gasteiger partial charge in [-0.25, -0.2) is 0 Å². The van der Waals surface area contributed by atoms with Crippen LogP contribution in [0.5, 0.6) is 5.75 Å². The number of benzene rings is 2. The maximum atomic E-state index is 5.88. The predicted octanol–water partition coefficient (Wildman–Crippen LogP) is 5.19. The molecule has 0 atom stereocenters. The van der Waals surface area contributed by atoms with Gasteiger partial charge in [-0.15, -0.1) is 0 Å². The van der Waals surface area contributed by atoms with Crippen molar-refractivity contribution in [2.75, 3.05) is 0 Å². The summed E-state index contributed by atoms with van der Waals surface area (Å²) >= 11 is 1.39. The summed E-state index contributed by atoms with van der Waals surface area (Å²) in [6, 6.07) is 12.6. The van der Waals surface area contributed by atoms with Gasteiger partial charge in [0.2, 0.25) is 0 Å². The first-order valence-electron chi connectivity index (χ1n) is 7.70. The summed E-state index contributed by atoms with van der Waals surface area (Å²) in [5.41, 5.74) is 2.39. The number of hydrogen-bond donors (Lipinski definition) is 0. The SMILES string of the molecule is C[C](=[W])N=C(C)C=COc1ccc(C(C)(C)C)c2ccccc12. The summed E-state index contributed by atoms with van der Waals surface area (Å²) in [4.78, 5) is 4.42. The first kappa shape index (κ1) is 17.8. The Morgan fingerprint density at radius 2 is 1.70 bits per heavy atom. The standard InChI is InChI=1S/C20H23NO.W/c1-6-21-15(2)13-14-22-19-12-11-18(20(3,4)5)16-9-7-8-10-17(16)19;/h7-14H,1-5H3;. The summed E-state index contributed by atoms with van der Waals surface area (Å²) in [7, 11) is 0. The molecule has 0 amide bonds. The number of allylic oxidation sites excluding steroid dienone is 1. The molecule has 0 fully saturated rings. The minimum atomic E-state index is 0.105. The van der Waals surface area contributed by atoms with Gasteiger partial charge < -0.3 is 0 Å². The van der Waals surface area contributed by atoms with Gasteiger partial charge in [-0.1, -0.05) is 0 Å². The van der Waals surface area contributed by atoms with Crippen LogP contribution in [0.1, 0.15) is 40.2 Å². The van der Waals surface area contributed by atoms with Gasteiger partial charge in [-0.05, 0) is 0 Å². The molecule has 0 bridgehead atoms. The van der Waals surface area contributed by atoms with Crippen LogP contribution in [-0.4, -0.2) is 9.73 Å². The number of hydrogen-bond acceptors (Lipinski definition) is 2. The van der Waals surface area contributed by atoms with E-state index in [9.17, 15) is 0 Å². The third-order valence-electron chi connectivity index (χ3n) is 3.53. The number of fused-ring (bicyclic) bond motifs is 1. The zero-order valence-corrected chi connectivity index (χ0v) is 17.3. The third kappa shape index (κ3) is 4.72. The average Bonchev–Trinajstić information content (AvgIpc) is 2.45. The predicted molar refractivity (Wildman–Crippen MR) is 96.2 cm³/mol. The molecule has 0 heterocycles. The second kappa shape index (κ2) is 7.36. The molecule has 120 valence electrons. The Balaban J connectivity index is 2.37. The van der Waals surface area contributed by atoms with Crippen molar-refractivity contribution >= 4 is 20.5 Å². The molecule has 2 rings (SSSR count). The van der Waals surface area contributed by atoms with Crippen LogP contribution in [0.15, 0.2) is 53.7 Å². The Bertz CT molecular complexity index is 782. The second-order valence-corrected chi connectivity index (χ2v) is 8.72. The quantitative estimate of drug-likeness (QED) is 0.439. The molecular weight excluding hydrogens is 454 g/mol. The van der Waals surface area contributed by atoms with Crippen molar-refractivity contribution in [1.82, 2.24) is 0 Å². The molecule has 0 N–H and O–H groups in total. The van der Waals surface area contributed by atoms with E-state index in [1.807, 2.05) is 19.9 Å². The topological polar surface area (TPSA) is 21.6 Å². The summed E-state index contributed by atoms with van der Waals surface area (Å²) < 4.78 is 6.99. The van der Waals surface area contributed by atoms with E-state index in [-0.39, 0.29) is 5.41 Å². The monoisotopic (exact) mass is 477 g/mol. The molecule has 0 aliphatic heterocycles. The van der Waals surface area contributed by atoms with Gasteiger partial charge in [0, 0.05) is 0 Å². The summed E-state index contributed by atoms with van der Waals surface area (Å²) in [6.07, 6.45) is 3.62. The fourth-order valence-corrected chi connectivity index (χ4v) is 3.04. The van der Waals surface area contributed by atoms with Crippen LogP contribution in [0.25, 0.3) is 10.8 Å². The van der Waals surface area contributed by atoms with E-state index in [2.05, 4.69) is 62.2 Å². The molecule has 0 saturated heterocycles. The first-order chi connectivity index (χ1) is 10.8. The van der Waals surface area contributed by atoms with Gasteiger partial charge >= 0.3 is 150 Å². The molecule has 0 aromatic heterocycles. The molecule has 2 aromatic rings. The zero-order valence-electron chi connectivity index (χ0n) is 14.4. The van der Waals surface area contributed by atoms with Crippen LogP contribution < -0.4 is 4.74 Å². The van der Waals surface area contributed by atoms with Gasteiger partial charge in [-0.3, -0.25) is 0 Å². The van der Waals surface area contributed by atoms with Crippen molar-refractivity contribution < 1.29 is 24.1 Å². The van der Waals surface area contributed by atoms with E-state index in [1.54, 1.807) is 6.26 Å². The fraction of sp³-hybridized carbons (Fsp3) is 0.300. The van der Waals surface area contributed by atoms with Crippen molar-refractivity contribution in [3.05, 3.63) is 54.3 Å². The van der Waals surface area contributed by atoms with E-state index in [4.69, 9.17) is 4.74 Å². The molecular formula is C20H23NOW. The fourth-order valence-electron chi connectivity index (χ4n) is 2.52. The molecule has 2 aromatic carbocycles. The van der Waals surface area contributed by atoms with Crippen LogP contribution in [-0.2, 0) is 24.8 Å². The Labute approximate surface area is 149 Å². The van der Waals surface area contributed by atoms with Gasteiger partial charge in [0.25, 0.3) is 0 Å². The van der Waals surface area contributed by atoms with Crippen LogP contribution in [0.4, 0.5) is 0 Å². The van der Waals surface area contributed by atoms with Gasteiger partial charge in [0.15, 0.2) is 0 Å². The molecule has 0 aliphatic carbocycles. The molecule has 0 radical (unpaired) electrons. The van der Waals surface area contributed by atoms with E-state index >= 15 is 0 Å². The van der Waals surface area contributed by atoms with Gasteiger partial charge in [-0.2, -0.15) is 0 Å². The van der Waals surface area contributed by atoms with Crippen LogP contribution >= 0.6 is 0 Å². The van der Waals surface area contributed by atoms with Crippen molar-refractivity contribution in [3.8, 4) is 5.75 Å². The van der Waals surface area contributed by atoms with E-state index in [0.29, 0.717) is 0 Å². The van der Waals surface area contributed by atoms with E-state index < -0.39 is 0 Å². The van der Waals surface area contributed by atoms with E-state index in [1.165, 1.54) is 30.3 Å². The third-order valence-corrected chi connectivity index (χ3v) is 3.86. The Kier molecular flexibility index (Phi) is 5.70. The average molecular weight is 477 g/mol. The molecule has 0 spiro atoms.